The van der Waals surface area contributed by atoms with Crippen molar-refractivity contribution in [2.45, 2.75) is 103 Å². The molecule has 8 aromatic rings. The number of para-hydroxylation sites is 2. The fourth-order valence-corrected chi connectivity index (χ4v) is 10.1. The maximum atomic E-state index is 14.0. The molecule has 2 heterocycles. The number of aliphatic hydroxyl groups is 2. The Bertz CT molecular complexity index is 3270. The third-order valence-electron chi connectivity index (χ3n) is 13.5. The monoisotopic (exact) mass is 1150 g/mol. The van der Waals surface area contributed by atoms with E-state index in [1.807, 2.05) is 134 Å². The summed E-state index contributed by atoms with van der Waals surface area (Å²) in [6.45, 7) is 8.16. The maximum absolute atomic E-state index is 14.0. The number of amides is 2. The summed E-state index contributed by atoms with van der Waals surface area (Å²) in [5.74, 6) is -5.28. The molecule has 0 radical (unpaired) electrons. The van der Waals surface area contributed by atoms with Crippen molar-refractivity contribution < 1.29 is 58.0 Å². The first-order valence-corrected chi connectivity index (χ1v) is 27.0. The number of aliphatic hydroxyl groups excluding tert-OH is 2. The SMILES string of the molecule is CC(C)c1c(C(=O)Nc2ccccc2)c(-c2ccccc2)c(-c2ccc(F)cc2)n1CCC(=O)C[C@@H](O)CC(=O)[O-].CC(C)c1c(C(=O)Nc2ccccc2)c(-c2ccccc2)c(-c2ccc(F)cc2)n1CCC(=O)C[C@@H](O)CC(=O)[O-].[Ca+2]. The van der Waals surface area contributed by atoms with Crippen molar-refractivity contribution in [3.63, 3.8) is 0 Å². The van der Waals surface area contributed by atoms with Gasteiger partial charge in [-0.05, 0) is 107 Å². The minimum Gasteiger partial charge on any atom is -0.550 e. The van der Waals surface area contributed by atoms with Crippen LogP contribution < -0.4 is 20.8 Å². The Kier molecular flexibility index (Phi) is 23.6. The van der Waals surface area contributed by atoms with E-state index >= 15 is 0 Å². The van der Waals surface area contributed by atoms with Crippen molar-refractivity contribution in [1.82, 2.24) is 9.13 Å². The number of hydrogen-bond acceptors (Lipinski definition) is 10. The Balaban J connectivity index is 0.000000263. The number of hydrogen-bond donors (Lipinski definition) is 4. The topological polar surface area (TPSA) is 223 Å². The molecular weight excluding hydrogens is 1090 g/mol. The van der Waals surface area contributed by atoms with Crippen molar-refractivity contribution in [2.75, 3.05) is 10.6 Å². The third kappa shape index (κ3) is 17.1. The quantitative estimate of drug-likeness (QED) is 0.0419. The van der Waals surface area contributed by atoms with Gasteiger partial charge < -0.3 is 49.8 Å². The van der Waals surface area contributed by atoms with E-state index in [-0.39, 0.29) is 112 Å². The average molecular weight is 1150 g/mol. The number of carboxylic acids is 2. The number of halogens is 2. The number of aromatic nitrogens is 2. The number of benzene rings is 6. The van der Waals surface area contributed by atoms with Gasteiger partial charge in [0.05, 0.1) is 34.7 Å². The number of carboxylic acid groups (broad SMARTS) is 2. The van der Waals surface area contributed by atoms with Crippen LogP contribution in [-0.2, 0) is 32.3 Å². The fourth-order valence-electron chi connectivity index (χ4n) is 10.1. The molecule has 2 amide bonds. The molecule has 0 saturated carbocycles. The van der Waals surface area contributed by atoms with Gasteiger partial charge in [-0.25, -0.2) is 8.78 Å². The molecule has 0 aliphatic rings. The van der Waals surface area contributed by atoms with E-state index in [0.717, 1.165) is 11.1 Å². The minimum absolute atomic E-state index is 0. The van der Waals surface area contributed by atoms with E-state index in [0.29, 0.717) is 67.5 Å². The summed E-state index contributed by atoms with van der Waals surface area (Å²) < 4.78 is 31.8. The Hall–Kier alpha value is -7.86. The Labute approximate surface area is 510 Å². The minimum atomic E-state index is -1.43. The Morgan fingerprint density at radius 3 is 1.04 bits per heavy atom. The van der Waals surface area contributed by atoms with Crippen LogP contribution in [0.25, 0.3) is 44.8 Å². The molecule has 2 aromatic heterocycles. The molecular formula is C66H64CaF2N4O10. The first-order chi connectivity index (χ1) is 39.3. The number of anilines is 2. The standard InChI is InChI=1S/2C33H33FN2O5.Ca/c2*1-21(2)31-30(33(41)35-25-11-7-4-8-12-25)29(22-9-5-3-6-10-22)32(23-13-15-24(34)16-14-23)36(31)18-17-26(37)19-27(38)20-28(39)40;/h2*3-16,21,27,38H,17-20H2,1-2H3,(H,35,41)(H,39,40);/q;;+2/p-2/t2*27-;/m11./s1. The first-order valence-electron chi connectivity index (χ1n) is 27.0. The molecule has 0 fully saturated rings. The van der Waals surface area contributed by atoms with E-state index in [9.17, 15) is 58.0 Å². The summed E-state index contributed by atoms with van der Waals surface area (Å²) in [6, 6.07) is 49.0. The summed E-state index contributed by atoms with van der Waals surface area (Å²) >= 11 is 0. The fraction of sp³-hybridized carbons (Fsp3) is 0.242. The first kappa shape index (κ1) is 64.3. The normalized spacial score (nSPS) is 11.7. The van der Waals surface area contributed by atoms with Gasteiger partial charge in [0.25, 0.3) is 11.8 Å². The van der Waals surface area contributed by atoms with Gasteiger partial charge in [0.15, 0.2) is 0 Å². The van der Waals surface area contributed by atoms with Gasteiger partial charge in [0.1, 0.15) is 23.2 Å². The van der Waals surface area contributed by atoms with Crippen LogP contribution in [0.4, 0.5) is 20.2 Å². The van der Waals surface area contributed by atoms with Gasteiger partial charge in [-0.15, -0.1) is 0 Å². The summed E-state index contributed by atoms with van der Waals surface area (Å²) in [7, 11) is 0. The van der Waals surface area contributed by atoms with Crippen LogP contribution in [0.15, 0.2) is 170 Å². The van der Waals surface area contributed by atoms with E-state index in [1.54, 1.807) is 48.5 Å². The molecule has 2 atom stereocenters. The number of nitrogens with zero attached hydrogens (tertiary/aromatic N) is 2. The van der Waals surface area contributed by atoms with E-state index in [4.69, 9.17) is 0 Å². The summed E-state index contributed by atoms with van der Waals surface area (Å²) in [4.78, 5) is 75.3. The molecule has 14 nitrogen and oxygen atoms in total. The molecule has 424 valence electrons. The van der Waals surface area contributed by atoms with E-state index in [1.165, 1.54) is 24.3 Å². The van der Waals surface area contributed by atoms with Gasteiger partial charge >= 0.3 is 37.7 Å². The number of Topliss-reactive ketones (excluding diaryl/α,β-unsaturated/α-hetero) is 2. The number of aliphatic carboxylic acids is 2. The van der Waals surface area contributed by atoms with E-state index in [2.05, 4.69) is 10.6 Å². The molecule has 17 heteroatoms. The number of carbonyl (C=O) groups excluding carboxylic acids is 6. The smallest absolute Gasteiger partial charge is 0.550 e. The molecule has 8 rings (SSSR count). The Morgan fingerprint density at radius 2 is 0.747 bits per heavy atom. The summed E-state index contributed by atoms with van der Waals surface area (Å²) in [6.07, 6.45) is -4.63. The van der Waals surface area contributed by atoms with Gasteiger partial charge in [-0.3, -0.25) is 19.2 Å². The summed E-state index contributed by atoms with van der Waals surface area (Å²) in [5, 5.41) is 47.6. The van der Waals surface area contributed by atoms with E-state index < -0.39 is 48.6 Å². The Morgan fingerprint density at radius 1 is 0.446 bits per heavy atom. The van der Waals surface area contributed by atoms with Crippen LogP contribution in [0.2, 0.25) is 0 Å². The van der Waals surface area contributed by atoms with Crippen LogP contribution in [0.5, 0.6) is 0 Å². The zero-order valence-electron chi connectivity index (χ0n) is 46.6. The number of nitrogens with one attached hydrogen (secondary N) is 2. The van der Waals surface area contributed by atoms with Crippen molar-refractivity contribution in [3.8, 4) is 44.8 Å². The van der Waals surface area contributed by atoms with Gasteiger partial charge in [-0.1, -0.05) is 125 Å². The molecule has 0 spiro atoms. The maximum Gasteiger partial charge on any atom is 2.00 e. The molecule has 83 heavy (non-hydrogen) atoms. The van der Waals surface area contributed by atoms with Crippen LogP contribution in [0.3, 0.4) is 0 Å². The second-order valence-electron chi connectivity index (χ2n) is 20.4. The van der Waals surface area contributed by atoms with Crippen molar-refractivity contribution >= 4 is 84.4 Å². The number of ketones is 2. The molecule has 6 aromatic carbocycles. The number of carbonyl (C=O) groups is 6. The predicted molar refractivity (Wildman–Crippen MR) is 313 cm³/mol. The van der Waals surface area contributed by atoms with Crippen LogP contribution in [0, 0.1) is 11.6 Å². The average Bonchev–Trinajstić information content (AvgIpc) is 3.14. The van der Waals surface area contributed by atoms with Gasteiger partial charge in [0, 0.05) is 97.4 Å². The van der Waals surface area contributed by atoms with Crippen molar-refractivity contribution in [2.24, 2.45) is 0 Å². The predicted octanol–water partition coefficient (Wildman–Crippen LogP) is 9.99. The molecule has 4 N–H and O–H groups in total. The van der Waals surface area contributed by atoms with Crippen LogP contribution >= 0.6 is 0 Å². The second-order valence-corrected chi connectivity index (χ2v) is 20.4. The molecule has 0 aliphatic heterocycles. The zero-order chi connectivity index (χ0) is 59.0. The second kappa shape index (κ2) is 30.4. The zero-order valence-corrected chi connectivity index (χ0v) is 48.9. The van der Waals surface area contributed by atoms with Gasteiger partial charge in [-0.2, -0.15) is 0 Å². The molecule has 0 bridgehead atoms. The third-order valence-corrected chi connectivity index (χ3v) is 13.5. The largest absolute Gasteiger partial charge is 2.00 e. The van der Waals surface area contributed by atoms with Crippen molar-refractivity contribution in [3.05, 3.63) is 204 Å². The molecule has 0 unspecified atom stereocenters. The molecule has 0 aliphatic carbocycles. The number of rotatable bonds is 24. The van der Waals surface area contributed by atoms with Crippen molar-refractivity contribution in [1.29, 1.82) is 0 Å². The van der Waals surface area contributed by atoms with Crippen LogP contribution in [0.1, 0.15) is 110 Å². The van der Waals surface area contributed by atoms with Crippen LogP contribution in [-0.4, -0.2) is 105 Å². The molecule has 0 saturated heterocycles. The van der Waals surface area contributed by atoms with Gasteiger partial charge in [0.2, 0.25) is 0 Å². The summed E-state index contributed by atoms with van der Waals surface area (Å²) in [5.41, 5.74) is 9.02.